The first kappa shape index (κ1) is 24.3. The van der Waals surface area contributed by atoms with Gasteiger partial charge in [-0.2, -0.15) is 0 Å². The molecular formula is C22H27FN2O5S. The maximum absolute atomic E-state index is 13.1. The fourth-order valence-electron chi connectivity index (χ4n) is 2.90. The molecule has 1 aromatic heterocycles. The zero-order valence-electron chi connectivity index (χ0n) is 18.1. The first-order valence-corrected chi connectivity index (χ1v) is 10.2. The second-order valence-electron chi connectivity index (χ2n) is 7.33. The number of pyridine rings is 1. The molecule has 0 saturated heterocycles. The topological polar surface area (TPSA) is 89.9 Å². The van der Waals surface area contributed by atoms with Gasteiger partial charge in [0.05, 0.1) is 7.11 Å². The third-order valence-electron chi connectivity index (χ3n) is 4.53. The minimum atomic E-state index is -0.806. The SMILES string of the molecule is COc1ccnc(C(=S)N[C@@H](C)C(=O)O[C@H](C(C)C)[C@H](C)Oc2ccc(F)cc2)c1O. The number of aromatic hydroxyl groups is 1. The molecule has 9 heteroatoms. The molecule has 1 heterocycles. The summed E-state index contributed by atoms with van der Waals surface area (Å²) in [4.78, 5) is 16.8. The molecule has 7 nitrogen and oxygen atoms in total. The van der Waals surface area contributed by atoms with Crippen molar-refractivity contribution in [2.75, 3.05) is 7.11 Å². The number of esters is 1. The molecule has 0 spiro atoms. The molecule has 168 valence electrons. The average molecular weight is 451 g/mol. The quantitative estimate of drug-likeness (QED) is 0.442. The van der Waals surface area contributed by atoms with Crippen molar-refractivity contribution in [1.82, 2.24) is 10.3 Å². The maximum atomic E-state index is 13.1. The van der Waals surface area contributed by atoms with Gasteiger partial charge < -0.3 is 24.6 Å². The summed E-state index contributed by atoms with van der Waals surface area (Å²) in [5, 5.41) is 13.0. The van der Waals surface area contributed by atoms with Crippen molar-refractivity contribution >= 4 is 23.2 Å². The number of thiocarbonyl (C=S) groups is 1. The highest BCUT2D eigenvalue weighted by molar-refractivity contribution is 7.80. The number of rotatable bonds is 9. The van der Waals surface area contributed by atoms with E-state index in [2.05, 4.69) is 10.3 Å². The van der Waals surface area contributed by atoms with E-state index >= 15 is 0 Å². The van der Waals surface area contributed by atoms with E-state index in [4.69, 9.17) is 26.4 Å². The summed E-state index contributed by atoms with van der Waals surface area (Å²) in [7, 11) is 1.41. The van der Waals surface area contributed by atoms with Crippen molar-refractivity contribution in [2.45, 2.75) is 45.9 Å². The largest absolute Gasteiger partial charge is 0.503 e. The Labute approximate surface area is 186 Å². The predicted octanol–water partition coefficient (Wildman–Crippen LogP) is 3.62. The molecule has 0 unspecified atom stereocenters. The van der Waals surface area contributed by atoms with Crippen LogP contribution in [-0.2, 0) is 9.53 Å². The molecule has 3 atom stereocenters. The number of hydrogen-bond acceptors (Lipinski definition) is 7. The van der Waals surface area contributed by atoms with Gasteiger partial charge in [-0.05, 0) is 44.0 Å². The second-order valence-corrected chi connectivity index (χ2v) is 7.74. The van der Waals surface area contributed by atoms with E-state index in [1.807, 2.05) is 13.8 Å². The minimum Gasteiger partial charge on any atom is -0.503 e. The third-order valence-corrected chi connectivity index (χ3v) is 4.84. The van der Waals surface area contributed by atoms with Crippen molar-refractivity contribution in [2.24, 2.45) is 5.92 Å². The number of nitrogens with zero attached hydrogens (tertiary/aromatic N) is 1. The van der Waals surface area contributed by atoms with E-state index in [9.17, 15) is 14.3 Å². The summed E-state index contributed by atoms with van der Waals surface area (Å²) >= 11 is 5.27. The molecule has 0 aliphatic rings. The van der Waals surface area contributed by atoms with Gasteiger partial charge in [-0.25, -0.2) is 14.2 Å². The Morgan fingerprint density at radius 1 is 1.16 bits per heavy atom. The van der Waals surface area contributed by atoms with E-state index in [0.29, 0.717) is 5.75 Å². The predicted molar refractivity (Wildman–Crippen MR) is 118 cm³/mol. The van der Waals surface area contributed by atoms with Gasteiger partial charge in [0, 0.05) is 12.3 Å². The van der Waals surface area contributed by atoms with Gasteiger partial charge in [0.25, 0.3) is 0 Å². The molecule has 0 bridgehead atoms. The zero-order chi connectivity index (χ0) is 23.1. The molecule has 1 aromatic carbocycles. The first-order chi connectivity index (χ1) is 14.6. The fraction of sp³-hybridized carbons (Fsp3) is 0.409. The van der Waals surface area contributed by atoms with Crippen molar-refractivity contribution in [3.05, 3.63) is 48.0 Å². The van der Waals surface area contributed by atoms with Gasteiger partial charge >= 0.3 is 5.97 Å². The van der Waals surface area contributed by atoms with E-state index < -0.39 is 24.2 Å². The maximum Gasteiger partial charge on any atom is 0.328 e. The van der Waals surface area contributed by atoms with Crippen molar-refractivity contribution < 1.29 is 28.5 Å². The van der Waals surface area contributed by atoms with Gasteiger partial charge in [0.1, 0.15) is 40.5 Å². The monoisotopic (exact) mass is 450 g/mol. The summed E-state index contributed by atoms with van der Waals surface area (Å²) in [6.07, 6.45) is 0.407. The normalized spacial score (nSPS) is 13.8. The van der Waals surface area contributed by atoms with E-state index in [0.717, 1.165) is 0 Å². The number of ether oxygens (including phenoxy) is 3. The highest BCUT2D eigenvalue weighted by Gasteiger charge is 2.29. The van der Waals surface area contributed by atoms with Gasteiger partial charge in [-0.3, -0.25) is 0 Å². The molecule has 2 N–H and O–H groups in total. The lowest BCUT2D eigenvalue weighted by Gasteiger charge is -2.29. The molecule has 0 fully saturated rings. The molecular weight excluding hydrogens is 423 g/mol. The third kappa shape index (κ3) is 6.52. The first-order valence-electron chi connectivity index (χ1n) is 9.79. The van der Waals surface area contributed by atoms with Crippen LogP contribution in [0.25, 0.3) is 0 Å². The van der Waals surface area contributed by atoms with Gasteiger partial charge in [0.2, 0.25) is 0 Å². The molecule has 2 aromatic rings. The van der Waals surface area contributed by atoms with Crippen molar-refractivity contribution in [3.8, 4) is 17.2 Å². The number of hydrogen-bond donors (Lipinski definition) is 2. The van der Waals surface area contributed by atoms with Crippen LogP contribution in [0, 0.1) is 11.7 Å². The van der Waals surface area contributed by atoms with Crippen molar-refractivity contribution in [3.63, 3.8) is 0 Å². The van der Waals surface area contributed by atoms with Crippen LogP contribution in [0.3, 0.4) is 0 Å². The standard InChI is InChI=1S/C22H27FN2O5S/c1-12(2)20(14(4)29-16-8-6-15(23)7-9-16)30-22(27)13(3)25-21(31)18-19(26)17(28-5)10-11-24-18/h6-14,20,26H,1-5H3,(H,25,31)/t13-,14-,20+/m0/s1. The number of aromatic nitrogens is 1. The lowest BCUT2D eigenvalue weighted by Crippen LogP contribution is -2.44. The number of carbonyl (C=O) groups is 1. The molecule has 2 rings (SSSR count). The molecule has 0 amide bonds. The van der Waals surface area contributed by atoms with Crippen LogP contribution in [0.15, 0.2) is 36.5 Å². The van der Waals surface area contributed by atoms with Crippen LogP contribution in [0.4, 0.5) is 4.39 Å². The van der Waals surface area contributed by atoms with Gasteiger partial charge in [-0.1, -0.05) is 26.1 Å². The molecule has 0 radical (unpaired) electrons. The minimum absolute atomic E-state index is 0.0392. The van der Waals surface area contributed by atoms with Crippen LogP contribution in [-0.4, -0.2) is 46.4 Å². The van der Waals surface area contributed by atoms with E-state index in [1.54, 1.807) is 13.8 Å². The number of benzene rings is 1. The van der Waals surface area contributed by atoms with Crippen molar-refractivity contribution in [1.29, 1.82) is 0 Å². The van der Waals surface area contributed by atoms with Crippen LogP contribution >= 0.6 is 12.2 Å². The fourth-order valence-corrected chi connectivity index (χ4v) is 3.22. The summed E-state index contributed by atoms with van der Waals surface area (Å²) in [6, 6.07) is 6.32. The molecule has 0 aliphatic carbocycles. The zero-order valence-corrected chi connectivity index (χ0v) is 18.9. The number of methoxy groups -OCH3 is 1. The molecule has 0 saturated carbocycles. The highest BCUT2D eigenvalue weighted by Crippen LogP contribution is 2.27. The number of carbonyl (C=O) groups excluding carboxylic acids is 1. The van der Waals surface area contributed by atoms with E-state index in [-0.39, 0.29) is 33.9 Å². The lowest BCUT2D eigenvalue weighted by molar-refractivity contribution is -0.158. The van der Waals surface area contributed by atoms with Crippen LogP contribution < -0.4 is 14.8 Å². The Bertz CT molecular complexity index is 907. The molecule has 31 heavy (non-hydrogen) atoms. The van der Waals surface area contributed by atoms with E-state index in [1.165, 1.54) is 43.6 Å². The van der Waals surface area contributed by atoms with Gasteiger partial charge in [0.15, 0.2) is 11.5 Å². The van der Waals surface area contributed by atoms with Crippen LogP contribution in [0.1, 0.15) is 33.4 Å². The summed E-state index contributed by atoms with van der Waals surface area (Å²) in [5.74, 6) is -0.470. The van der Waals surface area contributed by atoms with Crippen LogP contribution in [0.5, 0.6) is 17.2 Å². The number of halogens is 1. The lowest BCUT2D eigenvalue weighted by atomic mass is 10.0. The second kappa shape index (κ2) is 10.9. The smallest absolute Gasteiger partial charge is 0.328 e. The Kier molecular flexibility index (Phi) is 8.56. The Morgan fingerprint density at radius 2 is 1.81 bits per heavy atom. The Morgan fingerprint density at radius 3 is 2.39 bits per heavy atom. The number of nitrogens with one attached hydrogen (secondary N) is 1. The van der Waals surface area contributed by atoms with Gasteiger partial charge in [-0.15, -0.1) is 0 Å². The summed E-state index contributed by atoms with van der Waals surface area (Å²) in [5.41, 5.74) is 0.0995. The average Bonchev–Trinajstić information content (AvgIpc) is 2.73. The summed E-state index contributed by atoms with van der Waals surface area (Å²) < 4.78 is 29.6. The summed E-state index contributed by atoms with van der Waals surface area (Å²) in [6.45, 7) is 7.18. The van der Waals surface area contributed by atoms with Crippen LogP contribution in [0.2, 0.25) is 0 Å². The Balaban J connectivity index is 2.02. The Hall–Kier alpha value is -2.94. The highest BCUT2D eigenvalue weighted by atomic mass is 32.1. The molecule has 0 aliphatic heterocycles.